The van der Waals surface area contributed by atoms with Crippen molar-refractivity contribution in [2.45, 2.75) is 25.8 Å². The van der Waals surface area contributed by atoms with E-state index in [0.29, 0.717) is 6.61 Å². The molecule has 0 aromatic carbocycles. The van der Waals surface area contributed by atoms with Gasteiger partial charge >= 0.3 is 6.09 Å². The number of amides is 1. The molecule has 0 aromatic rings. The maximum atomic E-state index is 11.0. The first-order valence-corrected chi connectivity index (χ1v) is 5.14. The Kier molecular flexibility index (Phi) is 3.04. The van der Waals surface area contributed by atoms with Crippen LogP contribution in [0.15, 0.2) is 0 Å². The lowest BCUT2D eigenvalue weighted by atomic mass is 10.0. The fraction of sp³-hybridized carbons (Fsp3) is 0.900. The Morgan fingerprint density at radius 2 is 2.21 bits per heavy atom. The first-order valence-electron chi connectivity index (χ1n) is 5.14. The minimum atomic E-state index is -0.288. The molecule has 1 aliphatic heterocycles. The third kappa shape index (κ3) is 2.87. The molecule has 1 rings (SSSR count). The predicted octanol–water partition coefficient (Wildman–Crippen LogP) is 0.971. The zero-order valence-electron chi connectivity index (χ0n) is 9.59. The number of hydrogen-bond donors (Lipinski definition) is 1. The molecule has 1 N–H and O–H groups in total. The zero-order valence-corrected chi connectivity index (χ0v) is 9.59. The van der Waals surface area contributed by atoms with Crippen LogP contribution in [-0.4, -0.2) is 49.9 Å². The zero-order chi connectivity index (χ0) is 10.8. The summed E-state index contributed by atoms with van der Waals surface area (Å²) >= 11 is 0. The summed E-state index contributed by atoms with van der Waals surface area (Å²) in [5.41, 5.74) is -0.199. The lowest BCUT2D eigenvalue weighted by Crippen LogP contribution is -2.56. The van der Waals surface area contributed by atoms with Crippen molar-refractivity contribution in [1.29, 1.82) is 0 Å². The normalized spacial score (nSPS) is 27.3. The van der Waals surface area contributed by atoms with Crippen LogP contribution >= 0.6 is 0 Å². The number of quaternary nitrogens is 1. The summed E-state index contributed by atoms with van der Waals surface area (Å²) in [4.78, 5) is 11.0. The molecule has 0 spiro atoms. The van der Waals surface area contributed by atoms with Crippen LogP contribution in [0, 0.1) is 0 Å². The summed E-state index contributed by atoms with van der Waals surface area (Å²) in [7, 11) is 4.36. The Morgan fingerprint density at radius 3 is 2.64 bits per heavy atom. The quantitative estimate of drug-likeness (QED) is 0.688. The summed E-state index contributed by atoms with van der Waals surface area (Å²) < 4.78 is 5.85. The van der Waals surface area contributed by atoms with Crippen molar-refractivity contribution < 1.29 is 14.0 Å². The van der Waals surface area contributed by atoms with Crippen molar-refractivity contribution in [2.75, 3.05) is 33.8 Å². The SMILES string of the molecule is CCC[N+](C)(C)CC1(C)COC(=O)N1. The number of cyclic esters (lactones) is 1. The van der Waals surface area contributed by atoms with Gasteiger partial charge in [0.15, 0.2) is 0 Å². The molecule has 82 valence electrons. The number of carbonyl (C=O) groups is 1. The topological polar surface area (TPSA) is 38.3 Å². The van der Waals surface area contributed by atoms with E-state index in [4.69, 9.17) is 4.74 Å². The maximum Gasteiger partial charge on any atom is 0.407 e. The molecule has 14 heavy (non-hydrogen) atoms. The van der Waals surface area contributed by atoms with Crippen molar-refractivity contribution in [3.8, 4) is 0 Å². The first kappa shape index (κ1) is 11.3. The second-order valence-corrected chi connectivity index (χ2v) is 5.08. The molecule has 1 unspecified atom stereocenters. The van der Waals surface area contributed by atoms with E-state index in [0.717, 1.165) is 24.0 Å². The minimum Gasteiger partial charge on any atom is -0.447 e. The Hall–Kier alpha value is -0.770. The van der Waals surface area contributed by atoms with Gasteiger partial charge in [-0.05, 0) is 13.3 Å². The van der Waals surface area contributed by atoms with Gasteiger partial charge in [-0.25, -0.2) is 4.79 Å². The highest BCUT2D eigenvalue weighted by atomic mass is 16.6. The van der Waals surface area contributed by atoms with Crippen LogP contribution in [0.25, 0.3) is 0 Å². The van der Waals surface area contributed by atoms with Crippen LogP contribution in [-0.2, 0) is 4.74 Å². The van der Waals surface area contributed by atoms with E-state index in [1.54, 1.807) is 0 Å². The van der Waals surface area contributed by atoms with Gasteiger partial charge in [-0.15, -0.1) is 0 Å². The number of carbonyl (C=O) groups excluding carboxylic acids is 1. The van der Waals surface area contributed by atoms with Gasteiger partial charge in [-0.2, -0.15) is 0 Å². The van der Waals surface area contributed by atoms with Crippen molar-refractivity contribution in [1.82, 2.24) is 5.32 Å². The summed E-state index contributed by atoms with van der Waals surface area (Å²) in [5, 5.41) is 2.87. The van der Waals surface area contributed by atoms with Crippen LogP contribution < -0.4 is 5.32 Å². The molecule has 0 bridgehead atoms. The molecule has 1 atom stereocenters. The van der Waals surface area contributed by atoms with Gasteiger partial charge in [0.05, 0.1) is 20.6 Å². The van der Waals surface area contributed by atoms with Crippen molar-refractivity contribution in [3.63, 3.8) is 0 Å². The largest absolute Gasteiger partial charge is 0.447 e. The molecule has 1 aliphatic rings. The number of likely N-dealkylation sites (N-methyl/N-ethyl adjacent to an activating group) is 1. The Bertz CT molecular complexity index is 228. The van der Waals surface area contributed by atoms with Crippen molar-refractivity contribution >= 4 is 6.09 Å². The number of nitrogens with one attached hydrogen (secondary N) is 1. The molecule has 4 heteroatoms. The van der Waals surface area contributed by atoms with Gasteiger partial charge in [0.25, 0.3) is 0 Å². The van der Waals surface area contributed by atoms with Gasteiger partial charge in [-0.1, -0.05) is 6.92 Å². The molecule has 1 amide bonds. The highest BCUT2D eigenvalue weighted by molar-refractivity contribution is 5.70. The number of hydrogen-bond acceptors (Lipinski definition) is 2. The average molecular weight is 201 g/mol. The van der Waals surface area contributed by atoms with E-state index >= 15 is 0 Å². The fourth-order valence-electron chi connectivity index (χ4n) is 2.26. The van der Waals surface area contributed by atoms with Gasteiger partial charge in [-0.3, -0.25) is 0 Å². The van der Waals surface area contributed by atoms with Crippen molar-refractivity contribution in [2.24, 2.45) is 0 Å². The third-order valence-electron chi connectivity index (χ3n) is 2.53. The van der Waals surface area contributed by atoms with Crippen molar-refractivity contribution in [3.05, 3.63) is 0 Å². The molecule has 0 aliphatic carbocycles. The second kappa shape index (κ2) is 3.77. The molecule has 0 radical (unpaired) electrons. The lowest BCUT2D eigenvalue weighted by Gasteiger charge is -2.35. The molecular weight excluding hydrogens is 180 g/mol. The standard InChI is InChI=1S/C10H20N2O2/c1-5-6-12(3,4)7-10(2)8-14-9(13)11-10/h5-8H2,1-4H3/p+1. The van der Waals surface area contributed by atoms with E-state index in [9.17, 15) is 4.79 Å². The number of nitrogens with zero attached hydrogens (tertiary/aromatic N) is 1. The van der Waals surface area contributed by atoms with E-state index in [-0.39, 0.29) is 11.6 Å². The fourth-order valence-corrected chi connectivity index (χ4v) is 2.26. The first-order chi connectivity index (χ1) is 6.37. The summed E-state index contributed by atoms with van der Waals surface area (Å²) in [5.74, 6) is 0. The Balaban J connectivity index is 2.54. The number of rotatable bonds is 4. The highest BCUT2D eigenvalue weighted by Crippen LogP contribution is 2.16. The Labute approximate surface area is 85.8 Å². The number of alkyl carbamates (subject to hydrolysis) is 1. The van der Waals surface area contributed by atoms with Crippen LogP contribution in [0.2, 0.25) is 0 Å². The number of ether oxygens (including phenoxy) is 1. The molecule has 1 fully saturated rings. The summed E-state index contributed by atoms with van der Waals surface area (Å²) in [6.45, 7) is 6.72. The highest BCUT2D eigenvalue weighted by Gasteiger charge is 2.40. The molecule has 1 saturated heterocycles. The third-order valence-corrected chi connectivity index (χ3v) is 2.53. The van der Waals surface area contributed by atoms with E-state index in [2.05, 4.69) is 26.3 Å². The maximum absolute atomic E-state index is 11.0. The summed E-state index contributed by atoms with van der Waals surface area (Å²) in [6, 6.07) is 0. The predicted molar refractivity (Wildman–Crippen MR) is 55.0 cm³/mol. The molecule has 4 nitrogen and oxygen atoms in total. The molecule has 0 saturated carbocycles. The van der Waals surface area contributed by atoms with Crippen LogP contribution in [0.3, 0.4) is 0 Å². The van der Waals surface area contributed by atoms with Gasteiger partial charge in [0.1, 0.15) is 18.7 Å². The van der Waals surface area contributed by atoms with Gasteiger partial charge in [0, 0.05) is 0 Å². The van der Waals surface area contributed by atoms with Crippen LogP contribution in [0.4, 0.5) is 4.79 Å². The van der Waals surface area contributed by atoms with E-state index in [1.165, 1.54) is 0 Å². The van der Waals surface area contributed by atoms with Gasteiger partial charge < -0.3 is 14.5 Å². The summed E-state index contributed by atoms with van der Waals surface area (Å²) in [6.07, 6.45) is 0.863. The molecule has 0 aromatic heterocycles. The molecular formula is C10H21N2O2+. The Morgan fingerprint density at radius 1 is 1.57 bits per heavy atom. The lowest BCUT2D eigenvalue weighted by molar-refractivity contribution is -0.893. The molecule has 1 heterocycles. The second-order valence-electron chi connectivity index (χ2n) is 5.08. The van der Waals surface area contributed by atoms with Crippen LogP contribution in [0.5, 0.6) is 0 Å². The van der Waals surface area contributed by atoms with Crippen LogP contribution in [0.1, 0.15) is 20.3 Å². The smallest absolute Gasteiger partial charge is 0.407 e. The van der Waals surface area contributed by atoms with E-state index in [1.807, 2.05) is 6.92 Å². The average Bonchev–Trinajstić information content (AvgIpc) is 2.28. The monoisotopic (exact) mass is 201 g/mol. The van der Waals surface area contributed by atoms with Gasteiger partial charge in [0.2, 0.25) is 0 Å². The minimum absolute atomic E-state index is 0.199. The van der Waals surface area contributed by atoms with E-state index < -0.39 is 0 Å².